The average Bonchev–Trinajstić information content (AvgIpc) is 2.14. The first-order valence-corrected chi connectivity index (χ1v) is 4.46. The Morgan fingerprint density at radius 3 is 2.50 bits per heavy atom. The standard InChI is InChI=1S/C8H5ClF3NO3/c9-4-5-6(13(14)15)2-1-3-7(5)16-8(10,11)12/h1-3H,4H2. The number of halogens is 4. The minimum Gasteiger partial charge on any atom is -0.405 e. The summed E-state index contributed by atoms with van der Waals surface area (Å²) in [6.07, 6.45) is -4.91. The molecule has 0 saturated carbocycles. The molecule has 8 heteroatoms. The highest BCUT2D eigenvalue weighted by molar-refractivity contribution is 6.17. The van der Waals surface area contributed by atoms with E-state index >= 15 is 0 Å². The van der Waals surface area contributed by atoms with Crippen LogP contribution in [0.1, 0.15) is 5.56 Å². The summed E-state index contributed by atoms with van der Waals surface area (Å²) in [7, 11) is 0. The quantitative estimate of drug-likeness (QED) is 0.473. The zero-order valence-electron chi connectivity index (χ0n) is 7.62. The van der Waals surface area contributed by atoms with Gasteiger partial charge in [-0.1, -0.05) is 6.07 Å². The third kappa shape index (κ3) is 2.99. The van der Waals surface area contributed by atoms with Crippen LogP contribution >= 0.6 is 11.6 Å². The second-order valence-corrected chi connectivity index (χ2v) is 2.96. The van der Waals surface area contributed by atoms with Gasteiger partial charge in [-0.15, -0.1) is 24.8 Å². The van der Waals surface area contributed by atoms with Gasteiger partial charge in [-0.05, 0) is 6.07 Å². The van der Waals surface area contributed by atoms with Crippen LogP contribution in [-0.4, -0.2) is 11.3 Å². The van der Waals surface area contributed by atoms with E-state index in [1.165, 1.54) is 0 Å². The van der Waals surface area contributed by atoms with Gasteiger partial charge < -0.3 is 4.74 Å². The number of ether oxygens (including phenoxy) is 1. The van der Waals surface area contributed by atoms with Crippen LogP contribution < -0.4 is 4.74 Å². The van der Waals surface area contributed by atoms with Gasteiger partial charge in [0.05, 0.1) is 16.4 Å². The number of nitro groups is 1. The first-order valence-electron chi connectivity index (χ1n) is 3.93. The number of hydrogen-bond donors (Lipinski definition) is 0. The minimum absolute atomic E-state index is 0.300. The highest BCUT2D eigenvalue weighted by atomic mass is 35.5. The number of alkyl halides is 4. The Bertz CT molecular complexity index is 408. The van der Waals surface area contributed by atoms with E-state index in [0.29, 0.717) is 0 Å². The SMILES string of the molecule is O=[N+]([O-])c1cccc(OC(F)(F)F)c1CCl. The van der Waals surface area contributed by atoms with Gasteiger partial charge in [-0.25, -0.2) is 0 Å². The summed E-state index contributed by atoms with van der Waals surface area (Å²) in [6.45, 7) is 0. The molecular weight excluding hydrogens is 251 g/mol. The summed E-state index contributed by atoms with van der Waals surface area (Å²) in [5.74, 6) is -1.10. The fourth-order valence-corrected chi connectivity index (χ4v) is 1.35. The molecule has 4 nitrogen and oxygen atoms in total. The first-order chi connectivity index (χ1) is 7.35. The normalized spacial score (nSPS) is 11.2. The third-order valence-corrected chi connectivity index (χ3v) is 1.93. The highest BCUT2D eigenvalue weighted by Crippen LogP contribution is 2.33. The summed E-state index contributed by atoms with van der Waals surface area (Å²) in [6, 6.07) is 3.12. The monoisotopic (exact) mass is 255 g/mol. The Hall–Kier alpha value is -1.50. The molecular formula is C8H5ClF3NO3. The Morgan fingerprint density at radius 1 is 1.44 bits per heavy atom. The molecule has 1 rings (SSSR count). The lowest BCUT2D eigenvalue weighted by molar-refractivity contribution is -0.385. The Morgan fingerprint density at radius 2 is 2.06 bits per heavy atom. The van der Waals surface area contributed by atoms with E-state index in [2.05, 4.69) is 4.74 Å². The van der Waals surface area contributed by atoms with E-state index in [4.69, 9.17) is 11.6 Å². The Balaban J connectivity index is 3.19. The molecule has 0 amide bonds. The van der Waals surface area contributed by atoms with E-state index in [-0.39, 0.29) is 5.56 Å². The van der Waals surface area contributed by atoms with Crippen molar-refractivity contribution in [2.45, 2.75) is 12.2 Å². The molecule has 0 fully saturated rings. The van der Waals surface area contributed by atoms with Gasteiger partial charge in [-0.2, -0.15) is 0 Å². The molecule has 0 spiro atoms. The topological polar surface area (TPSA) is 52.4 Å². The molecule has 0 aliphatic heterocycles. The van der Waals surface area contributed by atoms with Crippen molar-refractivity contribution in [3.8, 4) is 5.75 Å². The predicted octanol–water partition coefficient (Wildman–Crippen LogP) is 3.23. The van der Waals surface area contributed by atoms with Crippen LogP contribution in [0.15, 0.2) is 18.2 Å². The van der Waals surface area contributed by atoms with Crippen molar-refractivity contribution in [2.75, 3.05) is 0 Å². The van der Waals surface area contributed by atoms with Gasteiger partial charge in [0, 0.05) is 6.07 Å². The van der Waals surface area contributed by atoms with Gasteiger partial charge >= 0.3 is 6.36 Å². The maximum absolute atomic E-state index is 12.0. The van der Waals surface area contributed by atoms with Crippen molar-refractivity contribution < 1.29 is 22.8 Å². The second-order valence-electron chi connectivity index (χ2n) is 2.69. The summed E-state index contributed by atoms with van der Waals surface area (Å²) in [5.41, 5.74) is -0.803. The number of nitro benzene ring substituents is 1. The molecule has 0 aliphatic rings. The van der Waals surface area contributed by atoms with Gasteiger partial charge in [-0.3, -0.25) is 10.1 Å². The van der Waals surface area contributed by atoms with Crippen LogP contribution in [-0.2, 0) is 5.88 Å². The fraction of sp³-hybridized carbons (Fsp3) is 0.250. The van der Waals surface area contributed by atoms with Crippen LogP contribution in [0.5, 0.6) is 5.75 Å². The van der Waals surface area contributed by atoms with Crippen LogP contribution in [0.25, 0.3) is 0 Å². The molecule has 0 bridgehead atoms. The zero-order chi connectivity index (χ0) is 12.3. The molecule has 0 atom stereocenters. The molecule has 1 aromatic rings. The molecule has 16 heavy (non-hydrogen) atoms. The van der Waals surface area contributed by atoms with Crippen molar-refractivity contribution in [1.82, 2.24) is 0 Å². The van der Waals surface area contributed by atoms with Gasteiger partial charge in [0.1, 0.15) is 5.75 Å². The second kappa shape index (κ2) is 4.56. The fourth-order valence-electron chi connectivity index (χ4n) is 1.08. The summed E-state index contributed by atoms with van der Waals surface area (Å²) < 4.78 is 39.5. The van der Waals surface area contributed by atoms with E-state index in [9.17, 15) is 23.3 Å². The predicted molar refractivity (Wildman–Crippen MR) is 49.3 cm³/mol. The number of nitrogens with zero attached hydrogens (tertiary/aromatic N) is 1. The van der Waals surface area contributed by atoms with Gasteiger partial charge in [0.25, 0.3) is 5.69 Å². The Kier molecular flexibility index (Phi) is 3.58. The third-order valence-electron chi connectivity index (χ3n) is 1.66. The molecule has 0 aliphatic carbocycles. The summed E-state index contributed by atoms with van der Waals surface area (Å²) in [5, 5.41) is 10.5. The van der Waals surface area contributed by atoms with Crippen molar-refractivity contribution in [3.05, 3.63) is 33.9 Å². The molecule has 0 heterocycles. The van der Waals surface area contributed by atoms with Crippen molar-refractivity contribution in [1.29, 1.82) is 0 Å². The highest BCUT2D eigenvalue weighted by Gasteiger charge is 2.33. The number of hydrogen-bond acceptors (Lipinski definition) is 3. The van der Waals surface area contributed by atoms with Crippen molar-refractivity contribution in [2.24, 2.45) is 0 Å². The van der Waals surface area contributed by atoms with Crippen LogP contribution in [0.2, 0.25) is 0 Å². The van der Waals surface area contributed by atoms with E-state index in [1.54, 1.807) is 0 Å². The smallest absolute Gasteiger partial charge is 0.405 e. The molecule has 0 unspecified atom stereocenters. The van der Waals surface area contributed by atoms with Crippen LogP contribution in [0.3, 0.4) is 0 Å². The maximum Gasteiger partial charge on any atom is 0.573 e. The molecule has 0 N–H and O–H groups in total. The lowest BCUT2D eigenvalue weighted by Gasteiger charge is -2.11. The zero-order valence-corrected chi connectivity index (χ0v) is 8.38. The van der Waals surface area contributed by atoms with Crippen molar-refractivity contribution in [3.63, 3.8) is 0 Å². The Labute approximate surface area is 92.7 Å². The molecule has 88 valence electrons. The lowest BCUT2D eigenvalue weighted by atomic mass is 10.2. The molecule has 1 aromatic carbocycles. The summed E-state index contributed by atoms with van der Waals surface area (Å²) in [4.78, 5) is 9.69. The average molecular weight is 256 g/mol. The van der Waals surface area contributed by atoms with Crippen LogP contribution in [0, 0.1) is 10.1 Å². The molecule has 0 aromatic heterocycles. The van der Waals surface area contributed by atoms with E-state index in [1.807, 2.05) is 0 Å². The van der Waals surface area contributed by atoms with E-state index in [0.717, 1.165) is 18.2 Å². The lowest BCUT2D eigenvalue weighted by Crippen LogP contribution is -2.18. The number of rotatable bonds is 3. The number of benzene rings is 1. The summed E-state index contributed by atoms with van der Waals surface area (Å²) >= 11 is 5.36. The largest absolute Gasteiger partial charge is 0.573 e. The van der Waals surface area contributed by atoms with Gasteiger partial charge in [0.15, 0.2) is 0 Å². The van der Waals surface area contributed by atoms with Gasteiger partial charge in [0.2, 0.25) is 0 Å². The maximum atomic E-state index is 12.0. The molecule has 0 saturated heterocycles. The molecule has 0 radical (unpaired) electrons. The minimum atomic E-state index is -4.91. The first kappa shape index (κ1) is 12.6. The van der Waals surface area contributed by atoms with Crippen molar-refractivity contribution >= 4 is 17.3 Å². The van der Waals surface area contributed by atoms with E-state index < -0.39 is 28.6 Å². The van der Waals surface area contributed by atoms with Crippen LogP contribution in [0.4, 0.5) is 18.9 Å².